The molecule has 98 valence electrons. The monoisotopic (exact) mass is 266 g/mol. The topological polar surface area (TPSA) is 58.1 Å². The van der Waals surface area contributed by atoms with E-state index < -0.39 is 10.8 Å². The van der Waals surface area contributed by atoms with Crippen LogP contribution in [0.25, 0.3) is 0 Å². The maximum Gasteiger partial charge on any atom is 0.147 e. The summed E-state index contributed by atoms with van der Waals surface area (Å²) >= 11 is 0. The Labute approximate surface area is 109 Å². The molecule has 2 fully saturated rings. The predicted molar refractivity (Wildman–Crippen MR) is 72.0 cm³/mol. The van der Waals surface area contributed by atoms with E-state index in [9.17, 15) is 4.21 Å². The fourth-order valence-electron chi connectivity index (χ4n) is 2.04. The van der Waals surface area contributed by atoms with Gasteiger partial charge in [-0.3, -0.25) is 9.19 Å². The summed E-state index contributed by atoms with van der Waals surface area (Å²) in [6, 6.07) is 0.688. The summed E-state index contributed by atoms with van der Waals surface area (Å²) in [5, 5.41) is 3.44. The van der Waals surface area contributed by atoms with Gasteiger partial charge in [-0.05, 0) is 12.8 Å². The van der Waals surface area contributed by atoms with Crippen molar-refractivity contribution in [1.29, 1.82) is 0 Å². The lowest BCUT2D eigenvalue weighted by Gasteiger charge is -2.27. The van der Waals surface area contributed by atoms with E-state index in [1.54, 1.807) is 6.20 Å². The van der Waals surface area contributed by atoms with Crippen molar-refractivity contribution in [3.05, 3.63) is 18.1 Å². The van der Waals surface area contributed by atoms with Crippen molar-refractivity contribution in [3.8, 4) is 0 Å². The molecule has 5 nitrogen and oxygen atoms in total. The van der Waals surface area contributed by atoms with E-state index >= 15 is 0 Å². The molecule has 1 aromatic rings. The first-order chi connectivity index (χ1) is 8.81. The molecular formula is C12H18N4OS. The third kappa shape index (κ3) is 3.05. The Balaban J connectivity index is 1.63. The van der Waals surface area contributed by atoms with Crippen LogP contribution in [0.4, 0.5) is 5.82 Å². The number of nitrogens with zero attached hydrogens (tertiary/aromatic N) is 3. The Bertz CT molecular complexity index is 439. The molecule has 1 saturated carbocycles. The van der Waals surface area contributed by atoms with E-state index in [2.05, 4.69) is 20.2 Å². The molecule has 1 saturated heterocycles. The van der Waals surface area contributed by atoms with E-state index in [0.717, 1.165) is 42.7 Å². The quantitative estimate of drug-likeness (QED) is 0.849. The number of aromatic nitrogens is 2. The molecule has 3 rings (SSSR count). The fraction of sp³-hybridized carbons (Fsp3) is 0.667. The normalized spacial score (nSPS) is 21.2. The molecule has 0 bridgehead atoms. The van der Waals surface area contributed by atoms with Crippen LogP contribution >= 0.6 is 0 Å². The number of nitrogens with one attached hydrogen (secondary N) is 1. The van der Waals surface area contributed by atoms with Crippen molar-refractivity contribution in [2.24, 2.45) is 0 Å². The van der Waals surface area contributed by atoms with Gasteiger partial charge in [0.25, 0.3) is 0 Å². The summed E-state index contributed by atoms with van der Waals surface area (Å²) in [6.07, 6.45) is 6.19. The van der Waals surface area contributed by atoms with E-state index in [1.165, 1.54) is 12.8 Å². The summed E-state index contributed by atoms with van der Waals surface area (Å²) in [5.74, 6) is 2.40. The van der Waals surface area contributed by atoms with Crippen LogP contribution in [0.1, 0.15) is 18.5 Å². The summed E-state index contributed by atoms with van der Waals surface area (Å²) in [6.45, 7) is 2.44. The molecule has 1 aliphatic heterocycles. The number of anilines is 1. The zero-order valence-electron chi connectivity index (χ0n) is 10.3. The predicted octanol–water partition coefficient (Wildman–Crippen LogP) is 0.297. The third-order valence-corrected chi connectivity index (χ3v) is 4.60. The maximum atomic E-state index is 11.3. The van der Waals surface area contributed by atoms with Crippen LogP contribution in [0.2, 0.25) is 0 Å². The van der Waals surface area contributed by atoms with Crippen molar-refractivity contribution in [3.63, 3.8) is 0 Å². The van der Waals surface area contributed by atoms with Crippen LogP contribution in [-0.4, -0.2) is 44.8 Å². The van der Waals surface area contributed by atoms with Gasteiger partial charge < -0.3 is 10.2 Å². The van der Waals surface area contributed by atoms with Crippen molar-refractivity contribution in [1.82, 2.24) is 15.3 Å². The summed E-state index contributed by atoms with van der Waals surface area (Å²) < 4.78 is 11.3. The highest BCUT2D eigenvalue weighted by Gasteiger charge is 2.21. The first-order valence-corrected chi connectivity index (χ1v) is 7.94. The van der Waals surface area contributed by atoms with Crippen molar-refractivity contribution >= 4 is 16.6 Å². The Kier molecular flexibility index (Phi) is 3.56. The standard InChI is InChI=1S/C12H18N4OS/c17-18-5-3-16(4-6-18)12-9-13-7-11(15-12)8-14-10-1-2-10/h7,9-10,14H,1-6,8H2. The van der Waals surface area contributed by atoms with Gasteiger partial charge in [-0.15, -0.1) is 0 Å². The Hall–Kier alpha value is -1.01. The van der Waals surface area contributed by atoms with Crippen LogP contribution < -0.4 is 10.2 Å². The summed E-state index contributed by atoms with van der Waals surface area (Å²) in [4.78, 5) is 11.1. The minimum Gasteiger partial charge on any atom is -0.353 e. The first kappa shape index (κ1) is 12.0. The molecule has 0 atom stereocenters. The zero-order chi connectivity index (χ0) is 12.4. The molecule has 2 aliphatic rings. The average molecular weight is 266 g/mol. The highest BCUT2D eigenvalue weighted by molar-refractivity contribution is 7.85. The zero-order valence-corrected chi connectivity index (χ0v) is 11.2. The van der Waals surface area contributed by atoms with Crippen molar-refractivity contribution < 1.29 is 4.21 Å². The molecule has 1 N–H and O–H groups in total. The molecule has 0 radical (unpaired) electrons. The largest absolute Gasteiger partial charge is 0.353 e. The first-order valence-electron chi connectivity index (χ1n) is 6.45. The van der Waals surface area contributed by atoms with Crippen LogP contribution in [0.3, 0.4) is 0 Å². The van der Waals surface area contributed by atoms with Gasteiger partial charge in [-0.1, -0.05) is 0 Å². The second-order valence-corrected chi connectivity index (χ2v) is 6.56. The van der Waals surface area contributed by atoms with Crippen molar-refractivity contribution in [2.45, 2.75) is 25.4 Å². The van der Waals surface area contributed by atoms with E-state index in [0.29, 0.717) is 6.04 Å². The molecule has 0 spiro atoms. The van der Waals surface area contributed by atoms with Crippen LogP contribution in [0, 0.1) is 0 Å². The molecule has 1 aliphatic carbocycles. The van der Waals surface area contributed by atoms with Gasteiger partial charge in [-0.2, -0.15) is 0 Å². The van der Waals surface area contributed by atoms with Crippen LogP contribution in [0.5, 0.6) is 0 Å². The van der Waals surface area contributed by atoms with Gasteiger partial charge in [0, 0.05) is 54.2 Å². The van der Waals surface area contributed by atoms with Gasteiger partial charge in [0.15, 0.2) is 0 Å². The van der Waals surface area contributed by atoms with Crippen LogP contribution in [0.15, 0.2) is 12.4 Å². The SMILES string of the molecule is O=S1CCN(c2cncc(CNC3CC3)n2)CC1. The van der Waals surface area contributed by atoms with Gasteiger partial charge in [0.1, 0.15) is 5.82 Å². The fourth-order valence-corrected chi connectivity index (χ4v) is 3.09. The van der Waals surface area contributed by atoms with E-state index in [1.807, 2.05) is 6.20 Å². The van der Waals surface area contributed by atoms with Gasteiger partial charge in [0.2, 0.25) is 0 Å². The minimum absolute atomic E-state index is 0.644. The molecule has 2 heterocycles. The lowest BCUT2D eigenvalue weighted by atomic mass is 10.4. The summed E-state index contributed by atoms with van der Waals surface area (Å²) in [5.41, 5.74) is 0.992. The highest BCUT2D eigenvalue weighted by Crippen LogP contribution is 2.19. The van der Waals surface area contributed by atoms with E-state index in [-0.39, 0.29) is 0 Å². The average Bonchev–Trinajstić information content (AvgIpc) is 3.22. The summed E-state index contributed by atoms with van der Waals surface area (Å²) in [7, 11) is -0.644. The number of hydrogen-bond donors (Lipinski definition) is 1. The molecular weight excluding hydrogens is 248 g/mol. The lowest BCUT2D eigenvalue weighted by Crippen LogP contribution is -2.38. The highest BCUT2D eigenvalue weighted by atomic mass is 32.2. The van der Waals surface area contributed by atoms with Gasteiger partial charge >= 0.3 is 0 Å². The molecule has 0 unspecified atom stereocenters. The van der Waals surface area contributed by atoms with E-state index in [4.69, 9.17) is 0 Å². The lowest BCUT2D eigenvalue weighted by molar-refractivity contribution is 0.664. The molecule has 1 aromatic heterocycles. The second-order valence-electron chi connectivity index (χ2n) is 4.86. The number of hydrogen-bond acceptors (Lipinski definition) is 5. The maximum absolute atomic E-state index is 11.3. The second kappa shape index (κ2) is 5.32. The molecule has 0 aromatic carbocycles. The minimum atomic E-state index is -0.644. The third-order valence-electron chi connectivity index (χ3n) is 3.32. The van der Waals surface area contributed by atoms with Crippen molar-refractivity contribution in [2.75, 3.05) is 29.5 Å². The molecule has 18 heavy (non-hydrogen) atoms. The Morgan fingerprint density at radius 1 is 1.33 bits per heavy atom. The van der Waals surface area contributed by atoms with Gasteiger partial charge in [0.05, 0.1) is 11.9 Å². The number of rotatable bonds is 4. The smallest absolute Gasteiger partial charge is 0.147 e. The van der Waals surface area contributed by atoms with Crippen LogP contribution in [-0.2, 0) is 17.3 Å². The van der Waals surface area contributed by atoms with Gasteiger partial charge in [-0.25, -0.2) is 4.98 Å². The Morgan fingerprint density at radius 2 is 2.11 bits per heavy atom. The molecule has 0 amide bonds. The Morgan fingerprint density at radius 3 is 2.83 bits per heavy atom. The molecule has 6 heteroatoms.